The zero-order valence-electron chi connectivity index (χ0n) is 11.5. The van der Waals surface area contributed by atoms with Gasteiger partial charge in [-0.05, 0) is 31.0 Å². The molecule has 1 unspecified atom stereocenters. The number of rotatable bonds is 6. The fourth-order valence-electron chi connectivity index (χ4n) is 1.48. The smallest absolute Gasteiger partial charge is 0.237 e. The van der Waals surface area contributed by atoms with Gasteiger partial charge in [-0.25, -0.2) is 0 Å². The zero-order valence-corrected chi connectivity index (χ0v) is 13.1. The van der Waals surface area contributed by atoms with Gasteiger partial charge in [0.15, 0.2) is 0 Å². The first-order valence-electron chi connectivity index (χ1n) is 6.35. The molecular formula is C14H21BrN2O2. The minimum Gasteiger partial charge on any atom is -0.489 e. The Morgan fingerprint density at radius 1 is 1.42 bits per heavy atom. The van der Waals surface area contributed by atoms with Crippen LogP contribution in [0.1, 0.15) is 20.8 Å². The molecule has 0 aliphatic heterocycles. The lowest BCUT2D eigenvalue weighted by Gasteiger charge is -2.19. The topological polar surface area (TPSA) is 64.4 Å². The third kappa shape index (κ3) is 5.61. The Morgan fingerprint density at radius 2 is 2.11 bits per heavy atom. The predicted molar refractivity (Wildman–Crippen MR) is 80.1 cm³/mol. The quantitative estimate of drug-likeness (QED) is 0.842. The van der Waals surface area contributed by atoms with Crippen LogP contribution in [-0.4, -0.2) is 24.6 Å². The van der Waals surface area contributed by atoms with Crippen LogP contribution in [0.5, 0.6) is 5.75 Å². The zero-order chi connectivity index (χ0) is 14.4. The molecule has 2 atom stereocenters. The monoisotopic (exact) mass is 328 g/mol. The molecule has 1 amide bonds. The summed E-state index contributed by atoms with van der Waals surface area (Å²) in [5.74, 6) is 0.755. The molecule has 106 valence electrons. The number of nitrogens with two attached hydrogens (primary N) is 1. The third-order valence-corrected chi connectivity index (χ3v) is 3.21. The lowest BCUT2D eigenvalue weighted by molar-refractivity contribution is -0.123. The Bertz CT molecular complexity index is 424. The Balaban J connectivity index is 2.40. The first kappa shape index (κ1) is 16.0. The molecule has 1 aromatic carbocycles. The highest BCUT2D eigenvalue weighted by Crippen LogP contribution is 2.18. The molecule has 0 saturated carbocycles. The van der Waals surface area contributed by atoms with Crippen molar-refractivity contribution in [3.05, 3.63) is 28.7 Å². The highest BCUT2D eigenvalue weighted by atomic mass is 79.9. The molecule has 0 radical (unpaired) electrons. The number of carbonyl (C=O) groups excluding carboxylic acids is 1. The van der Waals surface area contributed by atoms with Crippen molar-refractivity contribution in [3.8, 4) is 5.75 Å². The number of hydrogen-bond donors (Lipinski definition) is 2. The summed E-state index contributed by atoms with van der Waals surface area (Å²) in [7, 11) is 0. The summed E-state index contributed by atoms with van der Waals surface area (Å²) in [5.41, 5.74) is 5.76. The van der Waals surface area contributed by atoms with Gasteiger partial charge < -0.3 is 15.8 Å². The fourth-order valence-corrected chi connectivity index (χ4v) is 1.86. The van der Waals surface area contributed by atoms with Gasteiger partial charge in [0.25, 0.3) is 0 Å². The second-order valence-electron chi connectivity index (χ2n) is 4.90. The SMILES string of the molecule is CC(CNC(=O)[C@@H](N)C(C)C)Oc1cccc(Br)c1. The summed E-state index contributed by atoms with van der Waals surface area (Å²) in [6.45, 7) is 6.19. The van der Waals surface area contributed by atoms with E-state index in [0.29, 0.717) is 6.54 Å². The second-order valence-corrected chi connectivity index (χ2v) is 5.82. The van der Waals surface area contributed by atoms with Gasteiger partial charge in [-0.15, -0.1) is 0 Å². The molecule has 0 aliphatic carbocycles. The first-order chi connectivity index (χ1) is 8.90. The Labute approximate surface area is 122 Å². The van der Waals surface area contributed by atoms with Gasteiger partial charge in [0.2, 0.25) is 5.91 Å². The minimum atomic E-state index is -0.474. The molecule has 1 rings (SSSR count). The number of nitrogens with one attached hydrogen (secondary N) is 1. The van der Waals surface area contributed by atoms with Crippen molar-refractivity contribution in [3.63, 3.8) is 0 Å². The highest BCUT2D eigenvalue weighted by Gasteiger charge is 2.17. The molecule has 1 aromatic rings. The van der Waals surface area contributed by atoms with E-state index in [1.807, 2.05) is 45.0 Å². The Kier molecular flexibility index (Phi) is 6.31. The van der Waals surface area contributed by atoms with Crippen LogP contribution in [0.2, 0.25) is 0 Å². The summed E-state index contributed by atoms with van der Waals surface area (Å²) >= 11 is 3.38. The van der Waals surface area contributed by atoms with Crippen molar-refractivity contribution in [2.24, 2.45) is 11.7 Å². The van der Waals surface area contributed by atoms with E-state index in [2.05, 4.69) is 21.2 Å². The van der Waals surface area contributed by atoms with Crippen molar-refractivity contribution in [1.82, 2.24) is 5.32 Å². The molecule has 0 heterocycles. The normalized spacial score (nSPS) is 14.0. The molecule has 0 aliphatic rings. The summed E-state index contributed by atoms with van der Waals surface area (Å²) in [4.78, 5) is 11.7. The summed E-state index contributed by atoms with van der Waals surface area (Å²) < 4.78 is 6.66. The number of amides is 1. The Hall–Kier alpha value is -1.07. The van der Waals surface area contributed by atoms with Crippen LogP contribution in [0, 0.1) is 5.92 Å². The molecular weight excluding hydrogens is 308 g/mol. The molecule has 0 fully saturated rings. The third-order valence-electron chi connectivity index (χ3n) is 2.72. The summed E-state index contributed by atoms with van der Waals surface area (Å²) in [6, 6.07) is 7.12. The van der Waals surface area contributed by atoms with Crippen molar-refractivity contribution >= 4 is 21.8 Å². The van der Waals surface area contributed by atoms with Crippen LogP contribution in [0.25, 0.3) is 0 Å². The summed E-state index contributed by atoms with van der Waals surface area (Å²) in [5, 5.41) is 2.80. The molecule has 5 heteroatoms. The van der Waals surface area contributed by atoms with Crippen LogP contribution in [0.15, 0.2) is 28.7 Å². The van der Waals surface area contributed by atoms with E-state index in [1.54, 1.807) is 0 Å². The van der Waals surface area contributed by atoms with Crippen LogP contribution in [-0.2, 0) is 4.79 Å². The van der Waals surface area contributed by atoms with E-state index in [-0.39, 0.29) is 17.9 Å². The van der Waals surface area contributed by atoms with Crippen LogP contribution >= 0.6 is 15.9 Å². The van der Waals surface area contributed by atoms with Crippen molar-refractivity contribution in [2.75, 3.05) is 6.54 Å². The van der Waals surface area contributed by atoms with Gasteiger partial charge in [0.1, 0.15) is 11.9 Å². The van der Waals surface area contributed by atoms with E-state index in [1.165, 1.54) is 0 Å². The van der Waals surface area contributed by atoms with Gasteiger partial charge >= 0.3 is 0 Å². The number of hydrogen-bond acceptors (Lipinski definition) is 3. The van der Waals surface area contributed by atoms with Crippen molar-refractivity contribution in [1.29, 1.82) is 0 Å². The molecule has 0 aromatic heterocycles. The maximum absolute atomic E-state index is 11.7. The van der Waals surface area contributed by atoms with E-state index < -0.39 is 6.04 Å². The number of ether oxygens (including phenoxy) is 1. The van der Waals surface area contributed by atoms with Gasteiger partial charge in [-0.2, -0.15) is 0 Å². The van der Waals surface area contributed by atoms with Gasteiger partial charge in [0, 0.05) is 4.47 Å². The van der Waals surface area contributed by atoms with E-state index >= 15 is 0 Å². The predicted octanol–water partition coefficient (Wildman–Crippen LogP) is 2.32. The highest BCUT2D eigenvalue weighted by molar-refractivity contribution is 9.10. The average Bonchev–Trinajstić information content (AvgIpc) is 2.34. The van der Waals surface area contributed by atoms with Crippen molar-refractivity contribution in [2.45, 2.75) is 32.9 Å². The van der Waals surface area contributed by atoms with Gasteiger partial charge in [-0.1, -0.05) is 35.8 Å². The minimum absolute atomic E-state index is 0.113. The number of carbonyl (C=O) groups is 1. The number of halogens is 1. The molecule has 4 nitrogen and oxygen atoms in total. The second kappa shape index (κ2) is 7.50. The molecule has 3 N–H and O–H groups in total. The summed E-state index contributed by atoms with van der Waals surface area (Å²) in [6.07, 6.45) is -0.113. The van der Waals surface area contributed by atoms with E-state index in [4.69, 9.17) is 10.5 Å². The lowest BCUT2D eigenvalue weighted by Crippen LogP contribution is -2.46. The maximum Gasteiger partial charge on any atom is 0.237 e. The molecule has 0 bridgehead atoms. The van der Waals surface area contributed by atoms with Crippen LogP contribution in [0.4, 0.5) is 0 Å². The molecule has 0 spiro atoms. The molecule has 19 heavy (non-hydrogen) atoms. The van der Waals surface area contributed by atoms with Crippen LogP contribution < -0.4 is 15.8 Å². The van der Waals surface area contributed by atoms with Gasteiger partial charge in [-0.3, -0.25) is 4.79 Å². The standard InChI is InChI=1S/C14H21BrN2O2/c1-9(2)13(16)14(18)17-8-10(3)19-12-6-4-5-11(15)7-12/h4-7,9-10,13H,8,16H2,1-3H3,(H,17,18)/t10?,13-/m0/s1. The molecule has 0 saturated heterocycles. The Morgan fingerprint density at radius 3 is 2.68 bits per heavy atom. The largest absolute Gasteiger partial charge is 0.489 e. The van der Waals surface area contributed by atoms with E-state index in [0.717, 1.165) is 10.2 Å². The fraction of sp³-hybridized carbons (Fsp3) is 0.500. The van der Waals surface area contributed by atoms with Crippen LogP contribution in [0.3, 0.4) is 0 Å². The maximum atomic E-state index is 11.7. The van der Waals surface area contributed by atoms with E-state index in [9.17, 15) is 4.79 Å². The number of benzene rings is 1. The lowest BCUT2D eigenvalue weighted by atomic mass is 10.1. The average molecular weight is 329 g/mol. The first-order valence-corrected chi connectivity index (χ1v) is 7.15. The van der Waals surface area contributed by atoms with Crippen molar-refractivity contribution < 1.29 is 9.53 Å². The van der Waals surface area contributed by atoms with Gasteiger partial charge in [0.05, 0.1) is 12.6 Å².